The van der Waals surface area contributed by atoms with Gasteiger partial charge in [-0.1, -0.05) is 12.6 Å². The number of aryl methyl sites for hydroxylation is 1. The molecule has 2 aromatic rings. The molecule has 0 spiro atoms. The molecule has 1 aromatic carbocycles. The van der Waals surface area contributed by atoms with Crippen molar-refractivity contribution in [3.8, 4) is 11.5 Å². The predicted octanol–water partition coefficient (Wildman–Crippen LogP) is 2.41. The molecule has 0 aliphatic carbocycles. The third-order valence-electron chi connectivity index (χ3n) is 4.38. The van der Waals surface area contributed by atoms with Gasteiger partial charge < -0.3 is 14.6 Å². The molecule has 2 heterocycles. The minimum Gasteiger partial charge on any atom is -0.423 e. The number of aromatic nitrogens is 2. The largest absolute Gasteiger partial charge is 0.423 e. The van der Waals surface area contributed by atoms with Crippen molar-refractivity contribution in [3.05, 3.63) is 42.8 Å². The molecule has 0 saturated carbocycles. The maximum absolute atomic E-state index is 12.6. The van der Waals surface area contributed by atoms with Gasteiger partial charge in [-0.05, 0) is 43.5 Å². The summed E-state index contributed by atoms with van der Waals surface area (Å²) in [4.78, 5) is 26.1. The molecule has 1 aromatic heterocycles. The van der Waals surface area contributed by atoms with Crippen molar-refractivity contribution in [1.29, 1.82) is 0 Å². The molecule has 2 amide bonds. The molecule has 0 radical (unpaired) electrons. The Hall–Kier alpha value is -2.96. The third-order valence-corrected chi connectivity index (χ3v) is 4.38. The molecule has 130 valence electrons. The summed E-state index contributed by atoms with van der Waals surface area (Å²) in [7, 11) is 0. The average Bonchev–Trinajstić information content (AvgIpc) is 3.17. The van der Waals surface area contributed by atoms with E-state index >= 15 is 0 Å². The van der Waals surface area contributed by atoms with Crippen LogP contribution < -0.4 is 5.32 Å². The van der Waals surface area contributed by atoms with E-state index in [-0.39, 0.29) is 17.7 Å². The Balaban J connectivity index is 1.73. The van der Waals surface area contributed by atoms with Crippen LogP contribution in [0.2, 0.25) is 0 Å². The maximum Gasteiger partial charge on any atom is 0.247 e. The summed E-state index contributed by atoms with van der Waals surface area (Å²) in [5, 5.41) is 10.5. The first-order valence-corrected chi connectivity index (χ1v) is 8.18. The first-order chi connectivity index (χ1) is 12.1. The van der Waals surface area contributed by atoms with E-state index in [1.165, 1.54) is 12.5 Å². The van der Waals surface area contributed by atoms with E-state index in [0.29, 0.717) is 24.7 Å². The molecule has 3 rings (SSSR count). The van der Waals surface area contributed by atoms with Crippen LogP contribution in [0, 0.1) is 12.8 Å². The van der Waals surface area contributed by atoms with E-state index in [4.69, 9.17) is 4.42 Å². The molecule has 7 nitrogen and oxygen atoms in total. The zero-order chi connectivity index (χ0) is 17.8. The second-order valence-electron chi connectivity index (χ2n) is 6.09. The van der Waals surface area contributed by atoms with E-state index in [2.05, 4.69) is 22.1 Å². The van der Waals surface area contributed by atoms with Crippen LogP contribution in [0.5, 0.6) is 0 Å². The van der Waals surface area contributed by atoms with Gasteiger partial charge in [0, 0.05) is 24.3 Å². The Morgan fingerprint density at radius 2 is 2.28 bits per heavy atom. The SMILES string of the molecule is C=CC(=O)N1CCC[C@@H](C(=O)Nc2cc(-c3nnco3)ccc2C)C1. The summed E-state index contributed by atoms with van der Waals surface area (Å²) < 4.78 is 5.20. The van der Waals surface area contributed by atoms with Gasteiger partial charge in [-0.3, -0.25) is 9.59 Å². The van der Waals surface area contributed by atoms with Crippen LogP contribution in [-0.4, -0.2) is 40.0 Å². The standard InChI is InChI=1S/C18H20N4O3/c1-3-16(23)22-8-4-5-14(10-22)17(24)20-15-9-13(7-6-12(15)2)18-21-19-11-25-18/h3,6-7,9,11,14H,1,4-5,8,10H2,2H3,(H,20,24)/t14-/m1/s1. The summed E-state index contributed by atoms with van der Waals surface area (Å²) in [6.45, 7) is 6.51. The van der Waals surface area contributed by atoms with Crippen molar-refractivity contribution < 1.29 is 14.0 Å². The highest BCUT2D eigenvalue weighted by molar-refractivity contribution is 5.95. The fraction of sp³-hybridized carbons (Fsp3) is 0.333. The van der Waals surface area contributed by atoms with Gasteiger partial charge in [-0.25, -0.2) is 0 Å². The van der Waals surface area contributed by atoms with Crippen LogP contribution in [-0.2, 0) is 9.59 Å². The number of hydrogen-bond acceptors (Lipinski definition) is 5. The Bertz CT molecular complexity index is 786. The van der Waals surface area contributed by atoms with Crippen LogP contribution in [0.1, 0.15) is 18.4 Å². The summed E-state index contributed by atoms with van der Waals surface area (Å²) in [5.41, 5.74) is 2.38. The second-order valence-corrected chi connectivity index (χ2v) is 6.09. The van der Waals surface area contributed by atoms with Crippen molar-refractivity contribution in [2.45, 2.75) is 19.8 Å². The monoisotopic (exact) mass is 340 g/mol. The molecule has 0 unspecified atom stereocenters. The van der Waals surface area contributed by atoms with E-state index in [0.717, 1.165) is 24.0 Å². The Morgan fingerprint density at radius 3 is 3.00 bits per heavy atom. The van der Waals surface area contributed by atoms with Gasteiger partial charge in [-0.15, -0.1) is 10.2 Å². The van der Waals surface area contributed by atoms with Gasteiger partial charge in [0.05, 0.1) is 5.92 Å². The van der Waals surface area contributed by atoms with Crippen LogP contribution >= 0.6 is 0 Å². The summed E-state index contributed by atoms with van der Waals surface area (Å²) in [6, 6.07) is 5.57. The van der Waals surface area contributed by atoms with Gasteiger partial charge in [0.1, 0.15) is 0 Å². The van der Waals surface area contributed by atoms with E-state index < -0.39 is 0 Å². The highest BCUT2D eigenvalue weighted by Gasteiger charge is 2.27. The molecule has 25 heavy (non-hydrogen) atoms. The molecular weight excluding hydrogens is 320 g/mol. The van der Waals surface area contributed by atoms with Gasteiger partial charge in [0.15, 0.2) is 0 Å². The fourth-order valence-electron chi connectivity index (χ4n) is 2.94. The van der Waals surface area contributed by atoms with Gasteiger partial charge in [0.2, 0.25) is 24.1 Å². The predicted molar refractivity (Wildman–Crippen MR) is 92.6 cm³/mol. The Kier molecular flexibility index (Phi) is 4.92. The molecule has 1 saturated heterocycles. The van der Waals surface area contributed by atoms with Gasteiger partial charge in [0.25, 0.3) is 0 Å². The van der Waals surface area contributed by atoms with Crippen LogP contribution in [0.15, 0.2) is 41.7 Å². The van der Waals surface area contributed by atoms with Crippen LogP contribution in [0.4, 0.5) is 5.69 Å². The van der Waals surface area contributed by atoms with Gasteiger partial charge >= 0.3 is 0 Å². The molecular formula is C18H20N4O3. The number of carbonyl (C=O) groups is 2. The molecule has 0 bridgehead atoms. The van der Waals surface area contributed by atoms with Crippen LogP contribution in [0.3, 0.4) is 0 Å². The van der Waals surface area contributed by atoms with Crippen LogP contribution in [0.25, 0.3) is 11.5 Å². The van der Waals surface area contributed by atoms with Crippen molar-refractivity contribution in [2.24, 2.45) is 5.92 Å². The third kappa shape index (κ3) is 3.76. The highest BCUT2D eigenvalue weighted by Crippen LogP contribution is 2.25. The lowest BCUT2D eigenvalue weighted by molar-refractivity contribution is -0.130. The average molecular weight is 340 g/mol. The zero-order valence-corrected chi connectivity index (χ0v) is 14.1. The minimum atomic E-state index is -0.232. The first-order valence-electron chi connectivity index (χ1n) is 8.18. The van der Waals surface area contributed by atoms with E-state index in [9.17, 15) is 9.59 Å². The summed E-state index contributed by atoms with van der Waals surface area (Å²) >= 11 is 0. The Labute approximate surface area is 145 Å². The molecule has 1 atom stereocenters. The normalized spacial score (nSPS) is 17.2. The number of hydrogen-bond donors (Lipinski definition) is 1. The number of likely N-dealkylation sites (tertiary alicyclic amines) is 1. The first kappa shape index (κ1) is 16.9. The van der Waals surface area contributed by atoms with Gasteiger partial charge in [-0.2, -0.15) is 0 Å². The minimum absolute atomic E-state index is 0.0904. The lowest BCUT2D eigenvalue weighted by Crippen LogP contribution is -2.43. The van der Waals surface area contributed by atoms with Crippen molar-refractivity contribution in [3.63, 3.8) is 0 Å². The smallest absolute Gasteiger partial charge is 0.247 e. The number of piperidine rings is 1. The number of carbonyl (C=O) groups excluding carboxylic acids is 2. The molecule has 7 heteroatoms. The van der Waals surface area contributed by atoms with Crippen molar-refractivity contribution in [1.82, 2.24) is 15.1 Å². The van der Waals surface area contributed by atoms with E-state index in [1.807, 2.05) is 25.1 Å². The van der Waals surface area contributed by atoms with E-state index in [1.54, 1.807) is 4.90 Å². The topological polar surface area (TPSA) is 88.3 Å². The lowest BCUT2D eigenvalue weighted by Gasteiger charge is -2.31. The molecule has 1 fully saturated rings. The zero-order valence-electron chi connectivity index (χ0n) is 14.1. The number of rotatable bonds is 4. The number of benzene rings is 1. The molecule has 1 aliphatic rings. The van der Waals surface area contributed by atoms with Crippen molar-refractivity contribution >= 4 is 17.5 Å². The number of nitrogens with one attached hydrogen (secondary N) is 1. The number of anilines is 1. The molecule has 1 aliphatic heterocycles. The fourth-order valence-corrected chi connectivity index (χ4v) is 2.94. The quantitative estimate of drug-likeness (QED) is 0.864. The summed E-state index contributed by atoms with van der Waals surface area (Å²) in [6.07, 6.45) is 4.12. The maximum atomic E-state index is 12.6. The number of nitrogens with zero attached hydrogens (tertiary/aromatic N) is 3. The molecule has 1 N–H and O–H groups in total. The highest BCUT2D eigenvalue weighted by atomic mass is 16.4. The lowest BCUT2D eigenvalue weighted by atomic mass is 9.96. The van der Waals surface area contributed by atoms with Crippen molar-refractivity contribution in [2.75, 3.05) is 18.4 Å². The second kappa shape index (κ2) is 7.29. The Morgan fingerprint density at radius 1 is 1.44 bits per heavy atom. The number of amides is 2. The summed E-state index contributed by atoms with van der Waals surface area (Å²) in [5.74, 6) is -0.0561.